The van der Waals surface area contributed by atoms with E-state index in [4.69, 9.17) is 9.47 Å². The zero-order valence-corrected chi connectivity index (χ0v) is 18.2. The van der Waals surface area contributed by atoms with Gasteiger partial charge >= 0.3 is 0 Å². The van der Waals surface area contributed by atoms with Gasteiger partial charge in [0, 0.05) is 5.56 Å². The number of sulfonamides is 1. The Labute approximate surface area is 172 Å². The van der Waals surface area contributed by atoms with Crippen LogP contribution in [0.5, 0.6) is 11.5 Å². The third-order valence-electron chi connectivity index (χ3n) is 4.45. The molecule has 2 aromatic rings. The summed E-state index contributed by atoms with van der Waals surface area (Å²) in [5, 5.41) is 2.87. The van der Waals surface area contributed by atoms with Crippen molar-refractivity contribution in [3.05, 3.63) is 54.1 Å². The highest BCUT2D eigenvalue weighted by atomic mass is 32.2. The number of nitrogens with zero attached hydrogens (tertiary/aromatic N) is 1. The molecule has 0 unspecified atom stereocenters. The van der Waals surface area contributed by atoms with E-state index in [1.807, 2.05) is 38.1 Å². The Kier molecular flexibility index (Phi) is 7.50. The molecule has 7 nitrogen and oxygen atoms in total. The third kappa shape index (κ3) is 5.63. The Balaban J connectivity index is 2.24. The van der Waals surface area contributed by atoms with Crippen molar-refractivity contribution in [1.82, 2.24) is 5.32 Å². The Morgan fingerprint density at radius 2 is 1.72 bits per heavy atom. The number of carbonyl (C=O) groups excluding carboxylic acids is 1. The fourth-order valence-corrected chi connectivity index (χ4v) is 4.28. The van der Waals surface area contributed by atoms with Crippen molar-refractivity contribution in [2.45, 2.75) is 32.9 Å². The molecule has 2 aromatic carbocycles. The van der Waals surface area contributed by atoms with Gasteiger partial charge < -0.3 is 14.8 Å². The van der Waals surface area contributed by atoms with Gasteiger partial charge in [-0.05, 0) is 51.1 Å². The molecule has 2 atom stereocenters. The highest BCUT2D eigenvalue weighted by molar-refractivity contribution is 7.92. The molecule has 158 valence electrons. The first-order valence-electron chi connectivity index (χ1n) is 9.34. The first kappa shape index (κ1) is 22.5. The number of anilines is 1. The average molecular weight is 421 g/mol. The van der Waals surface area contributed by atoms with Crippen molar-refractivity contribution in [2.75, 3.05) is 24.3 Å². The number of nitrogens with one attached hydrogen (secondary N) is 1. The summed E-state index contributed by atoms with van der Waals surface area (Å²) in [5.74, 6) is 0.869. The summed E-state index contributed by atoms with van der Waals surface area (Å²) in [4.78, 5) is 12.9. The lowest BCUT2D eigenvalue weighted by Gasteiger charge is -2.29. The molecule has 0 aliphatic heterocycles. The zero-order chi connectivity index (χ0) is 21.6. The van der Waals surface area contributed by atoms with Crippen LogP contribution >= 0.6 is 0 Å². The number of methoxy groups -OCH3 is 1. The molecule has 0 aliphatic carbocycles. The van der Waals surface area contributed by atoms with Crippen LogP contribution in [0.3, 0.4) is 0 Å². The molecule has 0 saturated heterocycles. The first-order chi connectivity index (χ1) is 13.7. The van der Waals surface area contributed by atoms with Gasteiger partial charge in [-0.25, -0.2) is 8.42 Å². The van der Waals surface area contributed by atoms with E-state index in [0.29, 0.717) is 23.8 Å². The minimum absolute atomic E-state index is 0.358. The van der Waals surface area contributed by atoms with Crippen LogP contribution in [0.1, 0.15) is 32.4 Å². The Bertz CT molecular complexity index is 928. The highest BCUT2D eigenvalue weighted by Crippen LogP contribution is 2.26. The van der Waals surface area contributed by atoms with Crippen LogP contribution in [-0.4, -0.2) is 40.3 Å². The first-order valence-corrected chi connectivity index (χ1v) is 11.2. The van der Waals surface area contributed by atoms with Gasteiger partial charge in [0.05, 0.1) is 31.7 Å². The number of ether oxygens (including phenoxy) is 2. The Morgan fingerprint density at radius 3 is 2.28 bits per heavy atom. The fraction of sp³-hybridized carbons (Fsp3) is 0.381. The van der Waals surface area contributed by atoms with Crippen LogP contribution in [0.4, 0.5) is 5.69 Å². The van der Waals surface area contributed by atoms with Crippen LogP contribution in [0.15, 0.2) is 48.5 Å². The number of amides is 1. The monoisotopic (exact) mass is 420 g/mol. The minimum Gasteiger partial charge on any atom is -0.496 e. The van der Waals surface area contributed by atoms with Gasteiger partial charge in [0.2, 0.25) is 15.9 Å². The van der Waals surface area contributed by atoms with Crippen molar-refractivity contribution in [1.29, 1.82) is 0 Å². The van der Waals surface area contributed by atoms with E-state index in [-0.39, 0.29) is 6.04 Å². The van der Waals surface area contributed by atoms with E-state index in [0.717, 1.165) is 16.1 Å². The van der Waals surface area contributed by atoms with Crippen LogP contribution in [-0.2, 0) is 14.8 Å². The van der Waals surface area contributed by atoms with Crippen molar-refractivity contribution in [3.63, 3.8) is 0 Å². The van der Waals surface area contributed by atoms with Crippen molar-refractivity contribution >= 4 is 21.6 Å². The molecule has 1 amide bonds. The lowest BCUT2D eigenvalue weighted by molar-refractivity contribution is -0.122. The standard InChI is InChI=1S/C21H28N2O5S/c1-6-28-18-13-11-17(12-14-18)23(29(5,25)26)16(3)21(24)22-15(2)19-9-7-8-10-20(19)27-4/h7-16H,6H2,1-5H3,(H,22,24)/t15-,16-/m0/s1. The van der Waals surface area contributed by atoms with Crippen LogP contribution in [0.2, 0.25) is 0 Å². The van der Waals surface area contributed by atoms with Crippen molar-refractivity contribution in [3.8, 4) is 11.5 Å². The minimum atomic E-state index is -3.69. The second kappa shape index (κ2) is 9.65. The highest BCUT2D eigenvalue weighted by Gasteiger charge is 2.30. The van der Waals surface area contributed by atoms with Crippen LogP contribution in [0, 0.1) is 0 Å². The molecule has 0 fully saturated rings. The van der Waals surface area contributed by atoms with E-state index in [1.165, 1.54) is 0 Å². The number of carbonyl (C=O) groups is 1. The second-order valence-corrected chi connectivity index (χ2v) is 8.49. The molecule has 0 saturated carbocycles. The largest absolute Gasteiger partial charge is 0.496 e. The number of benzene rings is 2. The maximum Gasteiger partial charge on any atom is 0.244 e. The van der Waals surface area contributed by atoms with Gasteiger partial charge in [0.25, 0.3) is 0 Å². The normalized spacial score (nSPS) is 13.3. The van der Waals surface area contributed by atoms with Gasteiger partial charge in [-0.1, -0.05) is 18.2 Å². The summed E-state index contributed by atoms with van der Waals surface area (Å²) >= 11 is 0. The predicted octanol–water partition coefficient (Wildman–Crippen LogP) is 3.13. The number of para-hydroxylation sites is 1. The maximum atomic E-state index is 12.9. The molecule has 8 heteroatoms. The summed E-state index contributed by atoms with van der Waals surface area (Å²) in [5.41, 5.74) is 1.20. The molecule has 0 bridgehead atoms. The van der Waals surface area contributed by atoms with Crippen molar-refractivity contribution < 1.29 is 22.7 Å². The van der Waals surface area contributed by atoms with Crippen molar-refractivity contribution in [2.24, 2.45) is 0 Å². The lowest BCUT2D eigenvalue weighted by Crippen LogP contribution is -2.48. The summed E-state index contributed by atoms with van der Waals surface area (Å²) in [6.45, 7) is 5.76. The summed E-state index contributed by atoms with van der Waals surface area (Å²) in [7, 11) is -2.13. The van der Waals surface area contributed by atoms with Gasteiger partial charge in [-0.2, -0.15) is 0 Å². The molecule has 29 heavy (non-hydrogen) atoms. The molecular formula is C21H28N2O5S. The molecule has 0 aromatic heterocycles. The Hall–Kier alpha value is -2.74. The zero-order valence-electron chi connectivity index (χ0n) is 17.4. The fourth-order valence-electron chi connectivity index (χ4n) is 3.10. The quantitative estimate of drug-likeness (QED) is 0.674. The summed E-state index contributed by atoms with van der Waals surface area (Å²) < 4.78 is 36.7. The SMILES string of the molecule is CCOc1ccc(N([C@@H](C)C(=O)N[C@@H](C)c2ccccc2OC)S(C)(=O)=O)cc1. The molecule has 0 heterocycles. The van der Waals surface area contributed by atoms with E-state index < -0.39 is 22.0 Å². The maximum absolute atomic E-state index is 12.9. The molecular weight excluding hydrogens is 392 g/mol. The summed E-state index contributed by atoms with van der Waals surface area (Å²) in [6, 6.07) is 12.7. The molecule has 0 aliphatic rings. The average Bonchev–Trinajstić information content (AvgIpc) is 2.68. The third-order valence-corrected chi connectivity index (χ3v) is 5.70. The van der Waals surface area contributed by atoms with Gasteiger partial charge in [0.1, 0.15) is 17.5 Å². The van der Waals surface area contributed by atoms with Crippen LogP contribution in [0.25, 0.3) is 0 Å². The van der Waals surface area contributed by atoms with E-state index in [1.54, 1.807) is 38.3 Å². The number of hydrogen-bond acceptors (Lipinski definition) is 5. The van der Waals surface area contributed by atoms with E-state index >= 15 is 0 Å². The van der Waals surface area contributed by atoms with Crippen LogP contribution < -0.4 is 19.1 Å². The second-order valence-electron chi connectivity index (χ2n) is 6.63. The van der Waals surface area contributed by atoms with E-state index in [2.05, 4.69) is 5.32 Å². The van der Waals surface area contributed by atoms with Gasteiger partial charge in [-0.15, -0.1) is 0 Å². The number of rotatable bonds is 9. The smallest absolute Gasteiger partial charge is 0.244 e. The topological polar surface area (TPSA) is 84.9 Å². The predicted molar refractivity (Wildman–Crippen MR) is 114 cm³/mol. The number of hydrogen-bond donors (Lipinski definition) is 1. The molecule has 0 radical (unpaired) electrons. The summed E-state index contributed by atoms with van der Waals surface area (Å²) in [6.07, 6.45) is 1.08. The molecule has 2 rings (SSSR count). The molecule has 0 spiro atoms. The van der Waals surface area contributed by atoms with E-state index in [9.17, 15) is 13.2 Å². The Morgan fingerprint density at radius 1 is 1.10 bits per heavy atom. The lowest BCUT2D eigenvalue weighted by atomic mass is 10.1. The van der Waals surface area contributed by atoms with Gasteiger partial charge in [0.15, 0.2) is 0 Å². The van der Waals surface area contributed by atoms with Gasteiger partial charge in [-0.3, -0.25) is 9.10 Å². The molecule has 1 N–H and O–H groups in total.